The van der Waals surface area contributed by atoms with E-state index in [1.165, 1.54) is 12.3 Å². The Morgan fingerprint density at radius 1 is 0.974 bits per heavy atom. The number of imidazole rings is 1. The van der Waals surface area contributed by atoms with Crippen molar-refractivity contribution in [2.24, 2.45) is 0 Å². The molecule has 5 rings (SSSR count). The summed E-state index contributed by atoms with van der Waals surface area (Å²) in [6.45, 7) is 4.98. The fourth-order valence-corrected chi connectivity index (χ4v) is 4.17. The molecule has 0 unspecified atom stereocenters. The Kier molecular flexibility index (Phi) is 6.07. The largest absolute Gasteiger partial charge is 0.418 e. The van der Waals surface area contributed by atoms with Gasteiger partial charge in [-0.25, -0.2) is 9.67 Å². The number of carbonyl (C=O) groups is 1. The van der Waals surface area contributed by atoms with E-state index in [1.807, 2.05) is 30.3 Å². The molecule has 194 valence electrons. The van der Waals surface area contributed by atoms with E-state index in [1.54, 1.807) is 49.6 Å². The molecule has 0 bridgehead atoms. The molecule has 3 aromatic heterocycles. The number of aryl methyl sites for hydroxylation is 1. The van der Waals surface area contributed by atoms with Gasteiger partial charge in [-0.05, 0) is 62.7 Å². The Morgan fingerprint density at radius 2 is 1.71 bits per heavy atom. The molecule has 3 heterocycles. The number of rotatable bonds is 5. The summed E-state index contributed by atoms with van der Waals surface area (Å²) in [5, 5.41) is 17.4. The van der Waals surface area contributed by atoms with Gasteiger partial charge in [-0.2, -0.15) is 18.3 Å². The molecule has 2 aromatic carbocycles. The first kappa shape index (κ1) is 25.2. The lowest BCUT2D eigenvalue weighted by Gasteiger charge is -2.17. The number of aliphatic hydroxyl groups is 1. The molecule has 0 atom stereocenters. The first-order chi connectivity index (χ1) is 17.9. The average Bonchev–Trinajstić information content (AvgIpc) is 3.46. The summed E-state index contributed by atoms with van der Waals surface area (Å²) in [5.41, 5.74) is 0.614. The van der Waals surface area contributed by atoms with Gasteiger partial charge in [-0.3, -0.25) is 9.20 Å². The van der Waals surface area contributed by atoms with Gasteiger partial charge in [0.25, 0.3) is 5.91 Å². The van der Waals surface area contributed by atoms with Crippen LogP contribution in [0.5, 0.6) is 0 Å². The van der Waals surface area contributed by atoms with Crippen molar-refractivity contribution in [3.63, 3.8) is 0 Å². The lowest BCUT2D eigenvalue weighted by atomic mass is 10.00. The van der Waals surface area contributed by atoms with Crippen molar-refractivity contribution in [1.29, 1.82) is 0 Å². The van der Waals surface area contributed by atoms with Crippen LogP contribution in [0, 0.1) is 6.92 Å². The van der Waals surface area contributed by atoms with Crippen molar-refractivity contribution in [2.45, 2.75) is 32.5 Å². The molecule has 0 spiro atoms. The van der Waals surface area contributed by atoms with E-state index in [0.717, 1.165) is 22.4 Å². The normalized spacial score (nSPS) is 12.2. The predicted octanol–water partition coefficient (Wildman–Crippen LogP) is 5.99. The number of amides is 1. The number of nitrogens with one attached hydrogen (secondary N) is 1. The molecule has 0 saturated carbocycles. The number of aromatic nitrogens is 4. The molecule has 0 fully saturated rings. The predicted molar refractivity (Wildman–Crippen MR) is 137 cm³/mol. The third-order valence-electron chi connectivity index (χ3n) is 6.15. The topological polar surface area (TPSA) is 84.5 Å². The number of nitrogens with zero attached hydrogens (tertiary/aromatic N) is 4. The minimum Gasteiger partial charge on any atom is -0.386 e. The molecule has 0 aliphatic carbocycles. The van der Waals surface area contributed by atoms with Gasteiger partial charge in [0.1, 0.15) is 17.2 Å². The van der Waals surface area contributed by atoms with Gasteiger partial charge in [0.05, 0.1) is 22.5 Å². The number of carbonyl (C=O) groups excluding carboxylic acids is 1. The lowest BCUT2D eigenvalue weighted by molar-refractivity contribution is -0.137. The quantitative estimate of drug-likeness (QED) is 0.299. The SMILES string of the molecule is Cc1ccn(-c2cc(C(=O)Nc3c(-c4ccccc4)nc4cc(C(C)(C)O)ccn34)ccc2C(F)(F)F)n1. The fourth-order valence-electron chi connectivity index (χ4n) is 4.17. The van der Waals surface area contributed by atoms with Crippen LogP contribution in [0.25, 0.3) is 22.6 Å². The molecule has 7 nitrogen and oxygen atoms in total. The number of fused-ring (bicyclic) bond motifs is 1. The second-order valence-electron chi connectivity index (χ2n) is 9.46. The zero-order valence-corrected chi connectivity index (χ0v) is 20.8. The average molecular weight is 520 g/mol. The van der Waals surface area contributed by atoms with Crippen molar-refractivity contribution in [2.75, 3.05) is 5.32 Å². The van der Waals surface area contributed by atoms with Gasteiger partial charge in [-0.15, -0.1) is 0 Å². The summed E-state index contributed by atoms with van der Waals surface area (Å²) in [6.07, 6.45) is -1.54. The molecular formula is C28H24F3N5O2. The Morgan fingerprint density at radius 3 is 2.34 bits per heavy atom. The van der Waals surface area contributed by atoms with Gasteiger partial charge in [0.15, 0.2) is 0 Å². The fraction of sp³-hybridized carbons (Fsp3) is 0.179. The maximum Gasteiger partial charge on any atom is 0.418 e. The van der Waals surface area contributed by atoms with E-state index < -0.39 is 23.2 Å². The molecule has 0 aliphatic heterocycles. The zero-order chi connectivity index (χ0) is 27.2. The van der Waals surface area contributed by atoms with E-state index in [2.05, 4.69) is 10.4 Å². The van der Waals surface area contributed by atoms with E-state index in [9.17, 15) is 23.1 Å². The molecule has 2 N–H and O–H groups in total. The highest BCUT2D eigenvalue weighted by molar-refractivity contribution is 6.06. The summed E-state index contributed by atoms with van der Waals surface area (Å²) in [6, 6.07) is 17.4. The summed E-state index contributed by atoms with van der Waals surface area (Å²) in [7, 11) is 0. The van der Waals surface area contributed by atoms with Gasteiger partial charge in [0.2, 0.25) is 0 Å². The number of benzene rings is 2. The van der Waals surface area contributed by atoms with E-state index in [-0.39, 0.29) is 11.3 Å². The number of hydrogen-bond donors (Lipinski definition) is 2. The number of halogens is 3. The summed E-state index contributed by atoms with van der Waals surface area (Å²) in [5.74, 6) is -0.274. The summed E-state index contributed by atoms with van der Waals surface area (Å²) < 4.78 is 44.0. The highest BCUT2D eigenvalue weighted by Gasteiger charge is 2.35. The highest BCUT2D eigenvalue weighted by atomic mass is 19.4. The Labute approximate surface area is 216 Å². The highest BCUT2D eigenvalue weighted by Crippen LogP contribution is 2.35. The third-order valence-corrected chi connectivity index (χ3v) is 6.15. The van der Waals surface area contributed by atoms with Crippen molar-refractivity contribution in [3.05, 3.63) is 102 Å². The van der Waals surface area contributed by atoms with Crippen LogP contribution in [0.15, 0.2) is 79.1 Å². The second kappa shape index (κ2) is 9.14. The molecule has 0 saturated heterocycles. The van der Waals surface area contributed by atoms with Crippen LogP contribution in [0.3, 0.4) is 0 Å². The first-order valence-corrected chi connectivity index (χ1v) is 11.8. The molecule has 0 aliphatic rings. The molecule has 38 heavy (non-hydrogen) atoms. The van der Waals surface area contributed by atoms with Crippen molar-refractivity contribution < 1.29 is 23.1 Å². The number of hydrogen-bond acceptors (Lipinski definition) is 4. The summed E-state index contributed by atoms with van der Waals surface area (Å²) in [4.78, 5) is 18.1. The third kappa shape index (κ3) is 4.78. The minimum atomic E-state index is -4.63. The van der Waals surface area contributed by atoms with Crippen LogP contribution in [-0.2, 0) is 11.8 Å². The Hall–Kier alpha value is -4.44. The van der Waals surface area contributed by atoms with Gasteiger partial charge < -0.3 is 10.4 Å². The van der Waals surface area contributed by atoms with Gasteiger partial charge in [-0.1, -0.05) is 30.3 Å². The maximum absolute atomic E-state index is 13.7. The summed E-state index contributed by atoms with van der Waals surface area (Å²) >= 11 is 0. The number of alkyl halides is 3. The maximum atomic E-state index is 13.7. The monoisotopic (exact) mass is 519 g/mol. The van der Waals surface area contributed by atoms with Crippen LogP contribution in [0.2, 0.25) is 0 Å². The Bertz CT molecular complexity index is 1650. The zero-order valence-electron chi connectivity index (χ0n) is 20.8. The minimum absolute atomic E-state index is 0.0169. The lowest BCUT2D eigenvalue weighted by Crippen LogP contribution is -2.17. The molecular weight excluding hydrogens is 495 g/mol. The van der Waals surface area contributed by atoms with E-state index in [0.29, 0.717) is 28.4 Å². The van der Waals surface area contributed by atoms with Crippen molar-refractivity contribution >= 4 is 17.4 Å². The molecule has 10 heteroatoms. The molecule has 0 radical (unpaired) electrons. The Balaban J connectivity index is 1.60. The second-order valence-corrected chi connectivity index (χ2v) is 9.46. The van der Waals surface area contributed by atoms with Crippen LogP contribution in [-0.4, -0.2) is 30.2 Å². The van der Waals surface area contributed by atoms with Crippen molar-refractivity contribution in [3.8, 4) is 16.9 Å². The van der Waals surface area contributed by atoms with E-state index >= 15 is 0 Å². The van der Waals surface area contributed by atoms with Crippen LogP contribution in [0.1, 0.15) is 41.0 Å². The smallest absolute Gasteiger partial charge is 0.386 e. The molecule has 5 aromatic rings. The van der Waals surface area contributed by atoms with E-state index in [4.69, 9.17) is 4.98 Å². The van der Waals surface area contributed by atoms with Gasteiger partial charge >= 0.3 is 6.18 Å². The standard InChI is InChI=1S/C28H24F3N5O2/c1-17-11-14-36(34-17)22-15-19(9-10-21(22)28(29,30)31)26(37)33-25-24(18-7-5-4-6-8-18)32-23-16-20(27(2,3)38)12-13-35(23)25/h4-16,38H,1-3H3,(H,33,37). The first-order valence-electron chi connectivity index (χ1n) is 11.8. The van der Waals surface area contributed by atoms with Crippen LogP contribution in [0.4, 0.5) is 19.0 Å². The number of pyridine rings is 1. The number of anilines is 1. The van der Waals surface area contributed by atoms with Gasteiger partial charge in [0, 0.05) is 23.5 Å². The van der Waals surface area contributed by atoms with Crippen LogP contribution < -0.4 is 5.32 Å². The molecule has 1 amide bonds. The van der Waals surface area contributed by atoms with Crippen molar-refractivity contribution in [1.82, 2.24) is 19.2 Å². The van der Waals surface area contributed by atoms with Crippen LogP contribution >= 0.6 is 0 Å².